The Bertz CT molecular complexity index is 2090. The molecule has 11 heteroatoms. The Morgan fingerprint density at radius 3 is 2.38 bits per heavy atom. The molecule has 1 aromatic heterocycles. The van der Waals surface area contributed by atoms with Gasteiger partial charge in [0, 0.05) is 48.5 Å². The van der Waals surface area contributed by atoms with Gasteiger partial charge in [-0.05, 0) is 72.0 Å². The van der Waals surface area contributed by atoms with Crippen molar-refractivity contribution in [3.8, 4) is 16.9 Å². The number of aromatic nitrogens is 1. The number of aryl methyl sites for hydroxylation is 1. The molecule has 2 heterocycles. The second kappa shape index (κ2) is 16.9. The first kappa shape index (κ1) is 37.3. The number of likely N-dealkylation sites (tertiary alicyclic amines) is 1. The number of nitrogens with one attached hydrogen (secondary N) is 4. The van der Waals surface area contributed by atoms with E-state index >= 15 is 0 Å². The van der Waals surface area contributed by atoms with E-state index in [0.717, 1.165) is 52.7 Å². The van der Waals surface area contributed by atoms with Crippen molar-refractivity contribution in [3.63, 3.8) is 0 Å². The molecule has 11 nitrogen and oxygen atoms in total. The highest BCUT2D eigenvalue weighted by Crippen LogP contribution is 2.31. The number of phenols is 1. The molecule has 4 aromatic carbocycles. The summed E-state index contributed by atoms with van der Waals surface area (Å²) in [6.45, 7) is 2.84. The van der Waals surface area contributed by atoms with E-state index in [4.69, 9.17) is 4.74 Å². The number of nitrogens with zero attached hydrogens (tertiary/aromatic N) is 1. The van der Waals surface area contributed by atoms with Crippen LogP contribution in [0.15, 0.2) is 102 Å². The molecule has 1 atom stereocenters. The van der Waals surface area contributed by atoms with Gasteiger partial charge >= 0.3 is 6.09 Å². The third-order valence-corrected chi connectivity index (χ3v) is 9.86. The van der Waals surface area contributed by atoms with Gasteiger partial charge in [0.25, 0.3) is 0 Å². The number of amides is 2. The summed E-state index contributed by atoms with van der Waals surface area (Å²) in [5.41, 5.74) is 5.80. The van der Waals surface area contributed by atoms with Crippen molar-refractivity contribution in [2.75, 3.05) is 50.9 Å². The molecule has 0 unspecified atom stereocenters. The zero-order valence-corrected chi connectivity index (χ0v) is 30.2. The van der Waals surface area contributed by atoms with Crippen molar-refractivity contribution in [2.24, 2.45) is 0 Å². The molecular formula is C42H48N5O6+. The number of H-pyrrole nitrogens is 1. The Hall–Kier alpha value is -5.49. The number of quaternary nitrogens is 1. The number of aromatic amines is 1. The van der Waals surface area contributed by atoms with E-state index in [1.54, 1.807) is 12.1 Å². The lowest BCUT2D eigenvalue weighted by Gasteiger charge is -2.36. The Kier molecular flexibility index (Phi) is 11.9. The fourth-order valence-electron chi connectivity index (χ4n) is 6.74. The molecule has 2 amide bonds. The molecule has 276 valence electrons. The molecule has 0 aliphatic carbocycles. The van der Waals surface area contributed by atoms with Crippen LogP contribution in [0.1, 0.15) is 42.1 Å². The third kappa shape index (κ3) is 10.1. The van der Waals surface area contributed by atoms with Gasteiger partial charge in [-0.1, -0.05) is 60.7 Å². The molecule has 0 saturated carbocycles. The zero-order chi connectivity index (χ0) is 37.4. The van der Waals surface area contributed by atoms with Gasteiger partial charge in [-0.2, -0.15) is 0 Å². The summed E-state index contributed by atoms with van der Waals surface area (Å²) in [6.07, 6.45) is 1.74. The van der Waals surface area contributed by atoms with Crippen LogP contribution in [0, 0.1) is 0 Å². The molecule has 0 radical (unpaired) electrons. The number of hydrogen-bond acceptors (Lipinski definition) is 7. The summed E-state index contributed by atoms with van der Waals surface area (Å²) in [5.74, 6) is -0.158. The second-order valence-electron chi connectivity index (χ2n) is 14.4. The van der Waals surface area contributed by atoms with E-state index in [2.05, 4.69) is 35.0 Å². The van der Waals surface area contributed by atoms with Crippen LogP contribution >= 0.6 is 0 Å². The van der Waals surface area contributed by atoms with E-state index in [-0.39, 0.29) is 29.7 Å². The molecule has 1 aliphatic heterocycles. The van der Waals surface area contributed by atoms with Gasteiger partial charge in [0.2, 0.25) is 11.5 Å². The van der Waals surface area contributed by atoms with Crippen molar-refractivity contribution < 1.29 is 29.0 Å². The number of aromatic hydroxyl groups is 1. The molecule has 6 N–H and O–H groups in total. The maximum Gasteiger partial charge on any atom is 0.411 e. The van der Waals surface area contributed by atoms with Crippen molar-refractivity contribution in [3.05, 3.63) is 124 Å². The Labute approximate surface area is 309 Å². The van der Waals surface area contributed by atoms with Crippen molar-refractivity contribution in [2.45, 2.75) is 44.3 Å². The van der Waals surface area contributed by atoms with Gasteiger partial charge in [0.1, 0.15) is 11.9 Å². The van der Waals surface area contributed by atoms with Crippen LogP contribution in [0.25, 0.3) is 22.0 Å². The van der Waals surface area contributed by atoms with Crippen molar-refractivity contribution in [1.82, 2.24) is 10.3 Å². The second-order valence-corrected chi connectivity index (χ2v) is 14.4. The highest BCUT2D eigenvalue weighted by Gasteiger charge is 2.28. The Morgan fingerprint density at radius 2 is 1.62 bits per heavy atom. The van der Waals surface area contributed by atoms with Gasteiger partial charge in [-0.15, -0.1) is 0 Å². The average Bonchev–Trinajstić information content (AvgIpc) is 3.15. The van der Waals surface area contributed by atoms with Crippen LogP contribution in [0.2, 0.25) is 0 Å². The SMILES string of the molecule is C[N+]1(C)CCC(OC(=O)Nc2cc(CCC(=O)Nc3ccc(CCNC[C@H](O)c4ccc(O)c5[nH]c(=O)ccc45)cc3)ccc2-c2ccccc2)CC1. The van der Waals surface area contributed by atoms with E-state index in [0.29, 0.717) is 53.8 Å². The van der Waals surface area contributed by atoms with Crippen LogP contribution in [0.5, 0.6) is 5.75 Å². The van der Waals surface area contributed by atoms with Crippen molar-refractivity contribution >= 4 is 34.3 Å². The van der Waals surface area contributed by atoms with Crippen LogP contribution in [-0.2, 0) is 22.4 Å². The first-order valence-corrected chi connectivity index (χ1v) is 18.1. The number of fused-ring (bicyclic) bond motifs is 1. The first-order valence-electron chi connectivity index (χ1n) is 18.1. The lowest BCUT2D eigenvalue weighted by molar-refractivity contribution is -0.896. The molecule has 1 fully saturated rings. The van der Waals surface area contributed by atoms with Crippen LogP contribution in [0.4, 0.5) is 16.2 Å². The first-order chi connectivity index (χ1) is 25.5. The van der Waals surface area contributed by atoms with Gasteiger partial charge in [-0.25, -0.2) is 4.79 Å². The minimum Gasteiger partial charge on any atom is -0.506 e. The molecule has 53 heavy (non-hydrogen) atoms. The normalized spacial score (nSPS) is 14.8. The predicted molar refractivity (Wildman–Crippen MR) is 208 cm³/mol. The number of rotatable bonds is 13. The number of hydrogen-bond donors (Lipinski definition) is 6. The standard InChI is InChI=1S/C42H47N5O6/c1-47(2)24-21-32(22-25-47)53-42(52)45-36-26-29(10-14-33(36)30-6-4-3-5-7-30)11-18-39(50)44-31-12-8-28(9-13-31)20-23-43-27-38(49)34-15-17-37(48)41-35(34)16-19-40(51)46-41/h3-10,12-17,19,26,32,38,43,49H,11,18,20-25,27H2,1-2H3,(H3-,44,45,46,48,50,51,52)/p+1/t38-/m0/s1. The quantitative estimate of drug-likeness (QED) is 0.0634. The number of ether oxygens (including phenoxy) is 1. The lowest BCUT2D eigenvalue weighted by Crippen LogP contribution is -2.48. The number of carbonyl (C=O) groups is 2. The Morgan fingerprint density at radius 1 is 0.887 bits per heavy atom. The van der Waals surface area contributed by atoms with Crippen LogP contribution in [0.3, 0.4) is 0 Å². The largest absolute Gasteiger partial charge is 0.506 e. The molecule has 0 bridgehead atoms. The van der Waals surface area contributed by atoms with E-state index in [1.165, 1.54) is 12.1 Å². The van der Waals surface area contributed by atoms with Crippen LogP contribution < -0.4 is 21.5 Å². The summed E-state index contributed by atoms with van der Waals surface area (Å²) in [6, 6.07) is 29.5. The van der Waals surface area contributed by atoms with E-state index in [9.17, 15) is 24.6 Å². The number of aliphatic hydroxyl groups excluding tert-OH is 1. The summed E-state index contributed by atoms with van der Waals surface area (Å²) in [4.78, 5) is 40.2. The topological polar surface area (TPSA) is 153 Å². The number of carbonyl (C=O) groups excluding carboxylic acids is 2. The highest BCUT2D eigenvalue weighted by atomic mass is 16.6. The fourth-order valence-corrected chi connectivity index (χ4v) is 6.74. The minimum absolute atomic E-state index is 0.0460. The maximum absolute atomic E-state index is 13.0. The number of anilines is 2. The Balaban J connectivity index is 0.980. The van der Waals surface area contributed by atoms with Gasteiger partial charge in [0.05, 0.1) is 44.5 Å². The zero-order valence-electron chi connectivity index (χ0n) is 30.2. The molecule has 5 aromatic rings. The highest BCUT2D eigenvalue weighted by molar-refractivity contribution is 5.93. The van der Waals surface area contributed by atoms with Gasteiger partial charge in [-0.3, -0.25) is 14.9 Å². The number of phenolic OH excluding ortho intramolecular Hbond substituents is 1. The van der Waals surface area contributed by atoms with Crippen LogP contribution in [-0.4, -0.2) is 78.1 Å². The van der Waals surface area contributed by atoms with E-state index in [1.807, 2.05) is 72.8 Å². The number of aliphatic hydroxyl groups is 1. The van der Waals surface area contributed by atoms with E-state index < -0.39 is 12.2 Å². The summed E-state index contributed by atoms with van der Waals surface area (Å²) >= 11 is 0. The molecule has 1 aliphatic rings. The number of benzene rings is 4. The smallest absolute Gasteiger partial charge is 0.411 e. The molecule has 0 spiro atoms. The van der Waals surface area contributed by atoms with Crippen molar-refractivity contribution in [1.29, 1.82) is 0 Å². The summed E-state index contributed by atoms with van der Waals surface area (Å²) < 4.78 is 6.74. The number of piperidine rings is 1. The molecule has 6 rings (SSSR count). The van der Waals surface area contributed by atoms with Gasteiger partial charge < -0.3 is 35.1 Å². The van der Waals surface area contributed by atoms with Gasteiger partial charge in [0.15, 0.2) is 0 Å². The monoisotopic (exact) mass is 718 g/mol. The fraction of sp³-hybridized carbons (Fsp3) is 0.310. The lowest BCUT2D eigenvalue weighted by atomic mass is 9.99. The predicted octanol–water partition coefficient (Wildman–Crippen LogP) is 6.13. The summed E-state index contributed by atoms with van der Waals surface area (Å²) in [5, 5.41) is 30.7. The molecule has 1 saturated heterocycles. The number of pyridine rings is 1. The minimum atomic E-state index is -0.832. The maximum atomic E-state index is 13.0. The average molecular weight is 719 g/mol. The third-order valence-electron chi connectivity index (χ3n) is 9.86. The molecular weight excluding hydrogens is 670 g/mol. The summed E-state index contributed by atoms with van der Waals surface area (Å²) in [7, 11) is 4.38.